The largest absolute Gasteiger partial charge is 0.387 e. The van der Waals surface area contributed by atoms with E-state index in [9.17, 15) is 5.11 Å². The second-order valence-corrected chi connectivity index (χ2v) is 5.77. The average Bonchev–Trinajstić information content (AvgIpc) is 2.76. The zero-order chi connectivity index (χ0) is 11.0. The highest BCUT2D eigenvalue weighted by Gasteiger charge is 2.26. The Labute approximate surface area is 99.5 Å². The lowest BCUT2D eigenvalue weighted by atomic mass is 9.99. The van der Waals surface area contributed by atoms with E-state index in [4.69, 9.17) is 4.74 Å². The molecule has 0 saturated carbocycles. The van der Waals surface area contributed by atoms with Crippen LogP contribution >= 0.6 is 11.3 Å². The standard InChI is InChI=1S/C12H17NO2S/c14-9-2-1-3-10-11(9)13-12(16-10)8-4-6-15-7-5-8/h8-9,14H,1-7H2. The van der Waals surface area contributed by atoms with Crippen LogP contribution in [0.2, 0.25) is 0 Å². The molecule has 1 N–H and O–H groups in total. The van der Waals surface area contributed by atoms with Gasteiger partial charge in [0, 0.05) is 24.0 Å². The fourth-order valence-electron chi connectivity index (χ4n) is 2.53. The van der Waals surface area contributed by atoms with E-state index < -0.39 is 0 Å². The highest BCUT2D eigenvalue weighted by atomic mass is 32.1. The molecule has 1 atom stereocenters. The van der Waals surface area contributed by atoms with Crippen LogP contribution in [0.5, 0.6) is 0 Å². The van der Waals surface area contributed by atoms with E-state index in [0.717, 1.165) is 51.0 Å². The smallest absolute Gasteiger partial charge is 0.0971 e. The fourth-order valence-corrected chi connectivity index (χ4v) is 3.87. The van der Waals surface area contributed by atoms with Gasteiger partial charge in [-0.3, -0.25) is 0 Å². The van der Waals surface area contributed by atoms with Crippen molar-refractivity contribution in [2.75, 3.05) is 13.2 Å². The van der Waals surface area contributed by atoms with Gasteiger partial charge in [0.15, 0.2) is 0 Å². The monoisotopic (exact) mass is 239 g/mol. The van der Waals surface area contributed by atoms with Crippen molar-refractivity contribution >= 4 is 11.3 Å². The van der Waals surface area contributed by atoms with Gasteiger partial charge in [0.2, 0.25) is 0 Å². The molecular formula is C12H17NO2S. The average molecular weight is 239 g/mol. The first-order valence-electron chi connectivity index (χ1n) is 6.10. The molecule has 0 spiro atoms. The highest BCUT2D eigenvalue weighted by molar-refractivity contribution is 7.11. The Hall–Kier alpha value is -0.450. The topological polar surface area (TPSA) is 42.4 Å². The zero-order valence-corrected chi connectivity index (χ0v) is 10.1. The Morgan fingerprint density at radius 3 is 2.81 bits per heavy atom. The Kier molecular flexibility index (Phi) is 2.96. The molecule has 1 unspecified atom stereocenters. The lowest BCUT2D eigenvalue weighted by Gasteiger charge is -2.19. The molecule has 1 aliphatic carbocycles. The Bertz CT molecular complexity index is 371. The second-order valence-electron chi connectivity index (χ2n) is 4.66. The summed E-state index contributed by atoms with van der Waals surface area (Å²) >= 11 is 1.82. The molecule has 1 saturated heterocycles. The number of aryl methyl sites for hydroxylation is 1. The van der Waals surface area contributed by atoms with Gasteiger partial charge in [-0.25, -0.2) is 4.98 Å². The third-order valence-corrected chi connectivity index (χ3v) is 4.81. The summed E-state index contributed by atoms with van der Waals surface area (Å²) in [7, 11) is 0. The SMILES string of the molecule is OC1CCCc2sc(C3CCOCC3)nc21. The number of aromatic nitrogens is 1. The summed E-state index contributed by atoms with van der Waals surface area (Å²) in [6.45, 7) is 1.72. The number of ether oxygens (including phenoxy) is 1. The summed E-state index contributed by atoms with van der Waals surface area (Å²) in [6, 6.07) is 0. The molecule has 0 bridgehead atoms. The van der Waals surface area contributed by atoms with Gasteiger partial charge in [-0.2, -0.15) is 0 Å². The van der Waals surface area contributed by atoms with Gasteiger partial charge >= 0.3 is 0 Å². The lowest BCUT2D eigenvalue weighted by Crippen LogP contribution is -2.14. The molecule has 2 heterocycles. The van der Waals surface area contributed by atoms with E-state index in [0.29, 0.717) is 5.92 Å². The van der Waals surface area contributed by atoms with E-state index in [1.54, 1.807) is 0 Å². The van der Waals surface area contributed by atoms with Crippen LogP contribution in [0.3, 0.4) is 0 Å². The van der Waals surface area contributed by atoms with Gasteiger partial charge in [0.1, 0.15) is 0 Å². The number of hydrogen-bond donors (Lipinski definition) is 1. The number of rotatable bonds is 1. The van der Waals surface area contributed by atoms with Gasteiger partial charge in [0.25, 0.3) is 0 Å². The Morgan fingerprint density at radius 1 is 1.25 bits per heavy atom. The maximum atomic E-state index is 9.89. The minimum Gasteiger partial charge on any atom is -0.387 e. The van der Waals surface area contributed by atoms with Crippen molar-refractivity contribution in [2.45, 2.75) is 44.1 Å². The summed E-state index contributed by atoms with van der Waals surface area (Å²) in [6.07, 6.45) is 4.94. The predicted molar refractivity (Wildman–Crippen MR) is 62.8 cm³/mol. The van der Waals surface area contributed by atoms with Gasteiger partial charge in [-0.05, 0) is 32.1 Å². The van der Waals surface area contributed by atoms with Crippen molar-refractivity contribution in [1.82, 2.24) is 4.98 Å². The third-order valence-electron chi connectivity index (χ3n) is 3.51. The molecule has 2 aliphatic rings. The summed E-state index contributed by atoms with van der Waals surface area (Å²) in [5, 5.41) is 11.1. The highest BCUT2D eigenvalue weighted by Crippen LogP contribution is 2.38. The van der Waals surface area contributed by atoms with Crippen molar-refractivity contribution < 1.29 is 9.84 Å². The first-order valence-corrected chi connectivity index (χ1v) is 6.91. The normalized spacial score (nSPS) is 26.7. The summed E-state index contributed by atoms with van der Waals surface area (Å²) in [5.41, 5.74) is 0.970. The van der Waals surface area contributed by atoms with Crippen LogP contribution in [0, 0.1) is 0 Å². The van der Waals surface area contributed by atoms with Crippen LogP contribution in [-0.4, -0.2) is 23.3 Å². The van der Waals surface area contributed by atoms with E-state index >= 15 is 0 Å². The van der Waals surface area contributed by atoms with E-state index in [-0.39, 0.29) is 6.10 Å². The van der Waals surface area contributed by atoms with E-state index in [1.165, 1.54) is 9.88 Å². The maximum Gasteiger partial charge on any atom is 0.0971 e. The Morgan fingerprint density at radius 2 is 2.06 bits per heavy atom. The molecule has 1 aromatic heterocycles. The molecule has 1 aromatic rings. The van der Waals surface area contributed by atoms with E-state index in [1.807, 2.05) is 11.3 Å². The predicted octanol–water partition coefficient (Wildman–Crippen LogP) is 2.41. The first-order chi connectivity index (χ1) is 7.84. The van der Waals surface area contributed by atoms with Gasteiger partial charge in [-0.1, -0.05) is 0 Å². The van der Waals surface area contributed by atoms with Crippen LogP contribution in [0.1, 0.15) is 53.3 Å². The fraction of sp³-hybridized carbons (Fsp3) is 0.750. The number of nitrogens with zero attached hydrogens (tertiary/aromatic N) is 1. The van der Waals surface area contributed by atoms with E-state index in [2.05, 4.69) is 4.98 Å². The van der Waals surface area contributed by atoms with Gasteiger partial charge in [-0.15, -0.1) is 11.3 Å². The quantitative estimate of drug-likeness (QED) is 0.818. The van der Waals surface area contributed by atoms with Crippen LogP contribution in [0.15, 0.2) is 0 Å². The number of aliphatic hydroxyl groups excluding tert-OH is 1. The molecule has 1 fully saturated rings. The number of thiazole rings is 1. The third kappa shape index (κ3) is 1.90. The van der Waals surface area contributed by atoms with Crippen molar-refractivity contribution in [3.8, 4) is 0 Å². The number of hydrogen-bond acceptors (Lipinski definition) is 4. The van der Waals surface area contributed by atoms with Crippen LogP contribution in [0.4, 0.5) is 0 Å². The zero-order valence-electron chi connectivity index (χ0n) is 9.32. The molecule has 3 rings (SSSR count). The van der Waals surface area contributed by atoms with Gasteiger partial charge < -0.3 is 9.84 Å². The van der Waals surface area contributed by atoms with Crippen molar-refractivity contribution in [1.29, 1.82) is 0 Å². The summed E-state index contributed by atoms with van der Waals surface area (Å²) in [4.78, 5) is 5.99. The molecule has 3 nitrogen and oxygen atoms in total. The molecule has 0 aromatic carbocycles. The van der Waals surface area contributed by atoms with Crippen LogP contribution in [0.25, 0.3) is 0 Å². The number of aliphatic hydroxyl groups is 1. The molecular weight excluding hydrogens is 222 g/mol. The van der Waals surface area contributed by atoms with Crippen molar-refractivity contribution in [3.63, 3.8) is 0 Å². The molecule has 1 aliphatic heterocycles. The van der Waals surface area contributed by atoms with Crippen molar-refractivity contribution in [3.05, 3.63) is 15.6 Å². The summed E-state index contributed by atoms with van der Waals surface area (Å²) < 4.78 is 5.37. The molecule has 88 valence electrons. The van der Waals surface area contributed by atoms with Gasteiger partial charge in [0.05, 0.1) is 16.8 Å². The number of fused-ring (bicyclic) bond motifs is 1. The molecule has 16 heavy (non-hydrogen) atoms. The lowest BCUT2D eigenvalue weighted by molar-refractivity contribution is 0.0851. The first kappa shape index (κ1) is 10.7. The van der Waals surface area contributed by atoms with Crippen LogP contribution in [-0.2, 0) is 11.2 Å². The molecule has 4 heteroatoms. The van der Waals surface area contributed by atoms with Crippen molar-refractivity contribution in [2.24, 2.45) is 0 Å². The minimum absolute atomic E-state index is 0.311. The molecule has 0 amide bonds. The maximum absolute atomic E-state index is 9.89. The summed E-state index contributed by atoms with van der Waals surface area (Å²) in [5.74, 6) is 0.566. The van der Waals surface area contributed by atoms with Crippen LogP contribution < -0.4 is 0 Å². The second kappa shape index (κ2) is 4.43. The minimum atomic E-state index is -0.311. The Balaban J connectivity index is 1.85. The molecule has 0 radical (unpaired) electrons.